The van der Waals surface area contributed by atoms with Crippen LogP contribution in [0.5, 0.6) is 5.75 Å². The molecule has 1 aromatic carbocycles. The van der Waals surface area contributed by atoms with E-state index < -0.39 is 0 Å². The molecule has 1 N–H and O–H groups in total. The Bertz CT molecular complexity index is 429. The van der Waals surface area contributed by atoms with Crippen molar-refractivity contribution in [3.8, 4) is 5.75 Å². The van der Waals surface area contributed by atoms with Crippen molar-refractivity contribution in [2.24, 2.45) is 5.92 Å². The number of fused-ring (bicyclic) bond motifs is 1. The maximum atomic E-state index is 5.57. The summed E-state index contributed by atoms with van der Waals surface area (Å²) in [5.74, 6) is 2.00. The highest BCUT2D eigenvalue weighted by molar-refractivity contribution is 5.40. The summed E-state index contributed by atoms with van der Waals surface area (Å²) < 4.78 is 5.57. The van der Waals surface area contributed by atoms with Crippen molar-refractivity contribution in [1.29, 1.82) is 0 Å². The van der Waals surface area contributed by atoms with Gasteiger partial charge in [0.1, 0.15) is 5.75 Å². The molecule has 0 aromatic heterocycles. The van der Waals surface area contributed by atoms with Gasteiger partial charge in [0.25, 0.3) is 0 Å². The minimum absolute atomic E-state index is 0.512. The summed E-state index contributed by atoms with van der Waals surface area (Å²) in [6.07, 6.45) is 4.90. The highest BCUT2D eigenvalue weighted by Crippen LogP contribution is 2.36. The second kappa shape index (κ2) is 4.93. The van der Waals surface area contributed by atoms with Crippen LogP contribution in [-0.2, 0) is 6.42 Å². The van der Waals surface area contributed by atoms with Gasteiger partial charge in [-0.2, -0.15) is 0 Å². The molecule has 0 amide bonds. The molecule has 1 fully saturated rings. The summed E-state index contributed by atoms with van der Waals surface area (Å²) in [4.78, 5) is 0. The first-order valence-electron chi connectivity index (χ1n) is 7.33. The van der Waals surface area contributed by atoms with Gasteiger partial charge in [-0.25, -0.2) is 0 Å². The second-order valence-corrected chi connectivity index (χ2v) is 5.60. The highest BCUT2D eigenvalue weighted by atomic mass is 16.5. The molecular formula is C16H23NO. The molecular weight excluding hydrogens is 222 g/mol. The Morgan fingerprint density at radius 1 is 1.39 bits per heavy atom. The maximum absolute atomic E-state index is 5.57. The third kappa shape index (κ3) is 2.26. The SMILES string of the molecule is CCC(NC1CC1CC)c1ccc2c(c1)CCO2. The van der Waals surface area contributed by atoms with Crippen molar-refractivity contribution in [2.45, 2.75) is 51.6 Å². The monoisotopic (exact) mass is 245 g/mol. The molecule has 3 atom stereocenters. The van der Waals surface area contributed by atoms with Crippen molar-refractivity contribution in [3.05, 3.63) is 29.3 Å². The second-order valence-electron chi connectivity index (χ2n) is 5.60. The molecule has 2 heteroatoms. The molecule has 1 heterocycles. The van der Waals surface area contributed by atoms with Gasteiger partial charge in [-0.1, -0.05) is 32.4 Å². The van der Waals surface area contributed by atoms with Crippen LogP contribution in [0, 0.1) is 5.92 Å². The van der Waals surface area contributed by atoms with E-state index in [4.69, 9.17) is 4.74 Å². The van der Waals surface area contributed by atoms with Gasteiger partial charge in [-0.15, -0.1) is 0 Å². The molecule has 0 bridgehead atoms. The summed E-state index contributed by atoms with van der Waals surface area (Å²) in [5.41, 5.74) is 2.82. The van der Waals surface area contributed by atoms with Gasteiger partial charge in [0, 0.05) is 18.5 Å². The summed E-state index contributed by atoms with van der Waals surface area (Å²) >= 11 is 0. The van der Waals surface area contributed by atoms with Crippen LogP contribution in [0.2, 0.25) is 0 Å². The lowest BCUT2D eigenvalue weighted by Gasteiger charge is -2.18. The predicted octanol–water partition coefficient (Wildman–Crippen LogP) is 3.46. The summed E-state index contributed by atoms with van der Waals surface area (Å²) in [7, 11) is 0. The van der Waals surface area contributed by atoms with Gasteiger partial charge in [0.2, 0.25) is 0 Å². The number of ether oxygens (including phenoxy) is 1. The van der Waals surface area contributed by atoms with Crippen molar-refractivity contribution >= 4 is 0 Å². The van der Waals surface area contributed by atoms with Crippen LogP contribution in [0.3, 0.4) is 0 Å². The zero-order chi connectivity index (χ0) is 12.5. The number of rotatable bonds is 5. The van der Waals surface area contributed by atoms with E-state index in [-0.39, 0.29) is 0 Å². The number of hydrogen-bond acceptors (Lipinski definition) is 2. The fourth-order valence-corrected chi connectivity index (χ4v) is 3.03. The van der Waals surface area contributed by atoms with Crippen LogP contribution in [0.4, 0.5) is 0 Å². The molecule has 2 aliphatic rings. The van der Waals surface area contributed by atoms with E-state index in [1.54, 1.807) is 0 Å². The molecule has 18 heavy (non-hydrogen) atoms. The average molecular weight is 245 g/mol. The summed E-state index contributed by atoms with van der Waals surface area (Å²) in [6, 6.07) is 7.98. The van der Waals surface area contributed by atoms with E-state index in [2.05, 4.69) is 37.4 Å². The molecule has 3 rings (SSSR count). The van der Waals surface area contributed by atoms with E-state index in [0.29, 0.717) is 6.04 Å². The minimum atomic E-state index is 0.512. The molecule has 1 saturated carbocycles. The first kappa shape index (κ1) is 12.0. The minimum Gasteiger partial charge on any atom is -0.493 e. The molecule has 1 aliphatic carbocycles. The number of nitrogens with one attached hydrogen (secondary N) is 1. The van der Waals surface area contributed by atoms with Crippen LogP contribution < -0.4 is 10.1 Å². The molecule has 98 valence electrons. The first-order valence-corrected chi connectivity index (χ1v) is 7.33. The molecule has 1 aromatic rings. The van der Waals surface area contributed by atoms with Crippen LogP contribution >= 0.6 is 0 Å². The smallest absolute Gasteiger partial charge is 0.122 e. The van der Waals surface area contributed by atoms with Crippen molar-refractivity contribution in [3.63, 3.8) is 0 Å². The molecule has 2 nitrogen and oxygen atoms in total. The van der Waals surface area contributed by atoms with Crippen LogP contribution in [0.1, 0.15) is 50.3 Å². The van der Waals surface area contributed by atoms with E-state index in [1.165, 1.54) is 24.0 Å². The Morgan fingerprint density at radius 3 is 3.00 bits per heavy atom. The van der Waals surface area contributed by atoms with Gasteiger partial charge in [0.05, 0.1) is 6.61 Å². The Labute approximate surface area is 110 Å². The van der Waals surface area contributed by atoms with Crippen LogP contribution in [0.15, 0.2) is 18.2 Å². The lowest BCUT2D eigenvalue weighted by Crippen LogP contribution is -2.24. The van der Waals surface area contributed by atoms with Gasteiger partial charge in [-0.05, 0) is 36.0 Å². The topological polar surface area (TPSA) is 21.3 Å². The number of hydrogen-bond donors (Lipinski definition) is 1. The standard InChI is InChI=1S/C16H23NO/c1-3-11-10-15(11)17-14(4-2)12-5-6-16-13(9-12)7-8-18-16/h5-6,9,11,14-15,17H,3-4,7-8,10H2,1-2H3. The molecule has 0 radical (unpaired) electrons. The van der Waals surface area contributed by atoms with Crippen molar-refractivity contribution < 1.29 is 4.74 Å². The molecule has 0 spiro atoms. The van der Waals surface area contributed by atoms with Crippen molar-refractivity contribution in [1.82, 2.24) is 5.32 Å². The lowest BCUT2D eigenvalue weighted by atomic mass is 10.0. The van der Waals surface area contributed by atoms with Gasteiger partial charge in [0.15, 0.2) is 0 Å². The normalized spacial score (nSPS) is 26.6. The Balaban J connectivity index is 1.71. The van der Waals surface area contributed by atoms with Crippen LogP contribution in [0.25, 0.3) is 0 Å². The highest BCUT2D eigenvalue weighted by Gasteiger charge is 2.36. The average Bonchev–Trinajstić information content (AvgIpc) is 2.99. The maximum Gasteiger partial charge on any atom is 0.122 e. The van der Waals surface area contributed by atoms with Crippen molar-refractivity contribution in [2.75, 3.05) is 6.61 Å². The Hall–Kier alpha value is -1.02. The van der Waals surface area contributed by atoms with Crippen LogP contribution in [-0.4, -0.2) is 12.6 Å². The Kier molecular flexibility index (Phi) is 3.29. The predicted molar refractivity (Wildman–Crippen MR) is 74.0 cm³/mol. The zero-order valence-corrected chi connectivity index (χ0v) is 11.4. The van der Waals surface area contributed by atoms with E-state index in [0.717, 1.165) is 37.2 Å². The van der Waals surface area contributed by atoms with E-state index in [1.807, 2.05) is 0 Å². The van der Waals surface area contributed by atoms with E-state index in [9.17, 15) is 0 Å². The van der Waals surface area contributed by atoms with Gasteiger partial charge >= 0.3 is 0 Å². The lowest BCUT2D eigenvalue weighted by molar-refractivity contribution is 0.356. The Morgan fingerprint density at radius 2 is 2.28 bits per heavy atom. The third-order valence-corrected chi connectivity index (χ3v) is 4.39. The summed E-state index contributed by atoms with van der Waals surface area (Å²) in [6.45, 7) is 5.41. The van der Waals surface area contributed by atoms with Gasteiger partial charge in [-0.3, -0.25) is 0 Å². The number of benzene rings is 1. The zero-order valence-electron chi connectivity index (χ0n) is 11.4. The van der Waals surface area contributed by atoms with Gasteiger partial charge < -0.3 is 10.1 Å². The third-order valence-electron chi connectivity index (χ3n) is 4.39. The molecule has 3 unspecified atom stereocenters. The molecule has 1 aliphatic heterocycles. The molecule has 0 saturated heterocycles. The van der Waals surface area contributed by atoms with E-state index >= 15 is 0 Å². The largest absolute Gasteiger partial charge is 0.493 e. The first-order chi connectivity index (χ1) is 8.81. The quantitative estimate of drug-likeness (QED) is 0.857. The summed E-state index contributed by atoms with van der Waals surface area (Å²) in [5, 5.41) is 3.81. The fourth-order valence-electron chi connectivity index (χ4n) is 3.03. The fraction of sp³-hybridized carbons (Fsp3) is 0.625.